The zero-order valence-corrected chi connectivity index (χ0v) is 17.7. The summed E-state index contributed by atoms with van der Waals surface area (Å²) in [5.74, 6) is -1.09. The molecule has 4 N–H and O–H groups in total. The van der Waals surface area contributed by atoms with Crippen LogP contribution in [-0.2, 0) is 17.9 Å². The lowest BCUT2D eigenvalue weighted by molar-refractivity contribution is -0.134. The van der Waals surface area contributed by atoms with Gasteiger partial charge in [-0.3, -0.25) is 9.48 Å². The van der Waals surface area contributed by atoms with Crippen LogP contribution in [0.25, 0.3) is 22.5 Å². The molecule has 0 fully saturated rings. The number of carbonyl (C=O) groups is 1. The highest BCUT2D eigenvalue weighted by Gasteiger charge is 2.19. The largest absolute Gasteiger partial charge is 0.494 e. The fourth-order valence-electron chi connectivity index (χ4n) is 3.35. The van der Waals surface area contributed by atoms with Gasteiger partial charge in [0.25, 0.3) is 5.97 Å². The quantitative estimate of drug-likeness (QED) is 0.567. The van der Waals surface area contributed by atoms with E-state index in [9.17, 15) is 9.65 Å². The van der Waals surface area contributed by atoms with E-state index in [-0.39, 0.29) is 17.1 Å². The number of aromatic nitrogens is 3. The number of hydrogen-bond donors (Lipinski definition) is 3. The van der Waals surface area contributed by atoms with Gasteiger partial charge in [0.15, 0.2) is 11.6 Å². The number of ether oxygens (including phenoxy) is 1. The fourth-order valence-corrected chi connectivity index (χ4v) is 3.35. The second kappa shape index (κ2) is 9.89. The Labute approximate surface area is 184 Å². The molecule has 3 heterocycles. The van der Waals surface area contributed by atoms with Crippen LogP contribution in [0, 0.1) is 17.1 Å². The number of methoxy groups -OCH3 is 1. The van der Waals surface area contributed by atoms with Gasteiger partial charge in [-0.1, -0.05) is 0 Å². The lowest BCUT2D eigenvalue weighted by atomic mass is 10.0. The Balaban J connectivity index is 0.000000668. The number of aryl methyl sites for hydroxylation is 1. The lowest BCUT2D eigenvalue weighted by Crippen LogP contribution is -2.11. The van der Waals surface area contributed by atoms with Crippen molar-refractivity contribution < 1.29 is 19.0 Å². The van der Waals surface area contributed by atoms with Gasteiger partial charge in [-0.05, 0) is 43.3 Å². The molecule has 1 aliphatic heterocycles. The lowest BCUT2D eigenvalue weighted by Gasteiger charge is -2.09. The number of pyridine rings is 1. The minimum absolute atomic E-state index is 0.0903. The molecule has 10 heteroatoms. The van der Waals surface area contributed by atoms with E-state index in [1.54, 1.807) is 12.1 Å². The molecule has 166 valence electrons. The topological polar surface area (TPSA) is 139 Å². The molecule has 1 aliphatic rings. The first-order chi connectivity index (χ1) is 15.3. The predicted molar refractivity (Wildman–Crippen MR) is 116 cm³/mol. The molecule has 0 radical (unpaired) electrons. The summed E-state index contributed by atoms with van der Waals surface area (Å²) in [6.45, 7) is 3.55. The maximum absolute atomic E-state index is 14.1. The van der Waals surface area contributed by atoms with Crippen molar-refractivity contribution in [2.45, 2.75) is 26.4 Å². The van der Waals surface area contributed by atoms with E-state index >= 15 is 0 Å². The molecule has 4 rings (SSSR count). The number of rotatable bonds is 3. The smallest absolute Gasteiger partial charge is 0.300 e. The van der Waals surface area contributed by atoms with Gasteiger partial charge >= 0.3 is 0 Å². The summed E-state index contributed by atoms with van der Waals surface area (Å²) in [6, 6.07) is 10.4. The first-order valence-corrected chi connectivity index (χ1v) is 9.86. The van der Waals surface area contributed by atoms with Crippen LogP contribution < -0.4 is 15.8 Å². The zero-order chi connectivity index (χ0) is 23.3. The van der Waals surface area contributed by atoms with Gasteiger partial charge in [0.2, 0.25) is 0 Å². The third-order valence-corrected chi connectivity index (χ3v) is 4.78. The van der Waals surface area contributed by atoms with Crippen molar-refractivity contribution >= 4 is 11.8 Å². The summed E-state index contributed by atoms with van der Waals surface area (Å²) in [5, 5.41) is 25.0. The molecule has 0 saturated carbocycles. The highest BCUT2D eigenvalue weighted by Crippen LogP contribution is 2.32. The molecule has 9 nitrogen and oxygen atoms in total. The van der Waals surface area contributed by atoms with Gasteiger partial charge in [0.05, 0.1) is 24.2 Å². The summed E-state index contributed by atoms with van der Waals surface area (Å²) in [4.78, 5) is 13.3. The molecule has 0 bridgehead atoms. The van der Waals surface area contributed by atoms with Crippen molar-refractivity contribution in [3.63, 3.8) is 0 Å². The summed E-state index contributed by atoms with van der Waals surface area (Å²) >= 11 is 0. The summed E-state index contributed by atoms with van der Waals surface area (Å²) in [6.07, 6.45) is 0.980. The number of nitriles is 1. The highest BCUT2D eigenvalue weighted by molar-refractivity contribution is 5.78. The average Bonchev–Trinajstić information content (AvgIpc) is 3.03. The molecule has 3 aromatic rings. The SMILES string of the molecule is CC(=O)O.COc1ccc(-c2cc(-c3cc4n(n3)CCCNC4)c(C#N)c(N)n2)cc1F. The van der Waals surface area contributed by atoms with Crippen LogP contribution in [0.15, 0.2) is 30.3 Å². The number of nitrogens with zero attached hydrogens (tertiary/aromatic N) is 4. The van der Waals surface area contributed by atoms with E-state index in [1.807, 2.05) is 10.7 Å². The number of halogens is 1. The van der Waals surface area contributed by atoms with E-state index in [1.165, 1.54) is 19.2 Å². The van der Waals surface area contributed by atoms with Crippen LogP contribution in [0.5, 0.6) is 5.75 Å². The Hall–Kier alpha value is -3.97. The number of hydrogen-bond acceptors (Lipinski definition) is 7. The number of fused-ring (bicyclic) bond motifs is 1. The van der Waals surface area contributed by atoms with Gasteiger partial charge in [0.1, 0.15) is 17.5 Å². The predicted octanol–water partition coefficient (Wildman–Crippen LogP) is 2.80. The number of carboxylic acids is 1. The molecule has 0 unspecified atom stereocenters. The van der Waals surface area contributed by atoms with E-state index < -0.39 is 11.8 Å². The van der Waals surface area contributed by atoms with Gasteiger partial charge in [-0.25, -0.2) is 9.37 Å². The number of nitrogens with two attached hydrogens (primary N) is 1. The third kappa shape index (κ3) is 5.01. The Bertz CT molecular complexity index is 1160. The van der Waals surface area contributed by atoms with Gasteiger partial charge in [-0.2, -0.15) is 10.4 Å². The molecular formula is C22H23FN6O3. The number of carboxylic acid groups (broad SMARTS) is 1. The van der Waals surface area contributed by atoms with E-state index in [0.717, 1.165) is 32.1 Å². The van der Waals surface area contributed by atoms with Crippen LogP contribution in [0.4, 0.5) is 10.2 Å². The number of nitrogen functional groups attached to an aromatic ring is 1. The molecule has 0 aliphatic carbocycles. The summed E-state index contributed by atoms with van der Waals surface area (Å²) < 4.78 is 21.0. The van der Waals surface area contributed by atoms with Crippen molar-refractivity contribution in [3.05, 3.63) is 47.4 Å². The van der Waals surface area contributed by atoms with Crippen LogP contribution in [0.3, 0.4) is 0 Å². The molecule has 32 heavy (non-hydrogen) atoms. The second-order valence-corrected chi connectivity index (χ2v) is 7.07. The first-order valence-electron chi connectivity index (χ1n) is 9.86. The number of nitrogens with one attached hydrogen (secondary N) is 1. The Morgan fingerprint density at radius 1 is 1.34 bits per heavy atom. The van der Waals surface area contributed by atoms with Crippen LogP contribution in [0.1, 0.15) is 24.6 Å². The molecule has 0 amide bonds. The Morgan fingerprint density at radius 3 is 2.75 bits per heavy atom. The van der Waals surface area contributed by atoms with Crippen molar-refractivity contribution in [2.75, 3.05) is 19.4 Å². The van der Waals surface area contributed by atoms with Crippen molar-refractivity contribution in [1.29, 1.82) is 5.26 Å². The molecule has 2 aromatic heterocycles. The van der Waals surface area contributed by atoms with E-state index in [2.05, 4.69) is 21.5 Å². The standard InChI is InChI=1S/C20H19FN6O.C2H4O2/c1-28-19-4-3-12(7-16(19)21)17-9-14(15(10-22)20(23)25-17)18-8-13-11-24-5-2-6-27(13)26-18;1-2(3)4/h3-4,7-9,24H,2,5-6,11H2,1H3,(H2,23,25);1H3,(H,3,4). The number of benzene rings is 1. The van der Waals surface area contributed by atoms with Gasteiger partial charge < -0.3 is 20.9 Å². The fraction of sp³-hybridized carbons (Fsp3) is 0.273. The number of aliphatic carboxylic acids is 1. The normalized spacial score (nSPS) is 12.6. The van der Waals surface area contributed by atoms with E-state index in [4.69, 9.17) is 20.4 Å². The second-order valence-electron chi connectivity index (χ2n) is 7.07. The van der Waals surface area contributed by atoms with Gasteiger partial charge in [0, 0.05) is 31.1 Å². The maximum Gasteiger partial charge on any atom is 0.300 e. The van der Waals surface area contributed by atoms with Crippen LogP contribution in [-0.4, -0.2) is 39.5 Å². The Morgan fingerprint density at radius 2 is 2.09 bits per heavy atom. The molecule has 0 saturated heterocycles. The molecular weight excluding hydrogens is 415 g/mol. The maximum atomic E-state index is 14.1. The summed E-state index contributed by atoms with van der Waals surface area (Å²) in [7, 11) is 1.41. The van der Waals surface area contributed by atoms with Crippen LogP contribution >= 0.6 is 0 Å². The summed E-state index contributed by atoms with van der Waals surface area (Å²) in [5.41, 5.74) is 9.60. The highest BCUT2D eigenvalue weighted by atomic mass is 19.1. The minimum Gasteiger partial charge on any atom is -0.494 e. The van der Waals surface area contributed by atoms with Crippen LogP contribution in [0.2, 0.25) is 0 Å². The van der Waals surface area contributed by atoms with Crippen molar-refractivity contribution in [3.8, 4) is 34.3 Å². The van der Waals surface area contributed by atoms with E-state index in [0.29, 0.717) is 29.1 Å². The number of anilines is 1. The average molecular weight is 438 g/mol. The minimum atomic E-state index is -0.833. The zero-order valence-electron chi connectivity index (χ0n) is 17.7. The van der Waals surface area contributed by atoms with Gasteiger partial charge in [-0.15, -0.1) is 0 Å². The monoisotopic (exact) mass is 438 g/mol. The molecule has 1 aromatic carbocycles. The van der Waals surface area contributed by atoms with Crippen molar-refractivity contribution in [2.24, 2.45) is 0 Å². The molecule has 0 atom stereocenters. The van der Waals surface area contributed by atoms with Crippen molar-refractivity contribution in [1.82, 2.24) is 20.1 Å². The first kappa shape index (κ1) is 22.7. The molecule has 0 spiro atoms. The Kier molecular flexibility index (Phi) is 7.02. The third-order valence-electron chi connectivity index (χ3n) is 4.78.